The number of carbonyl (C=O) groups is 2. The average Bonchev–Trinajstić information content (AvgIpc) is 3.16. The molecule has 194 valence electrons. The molecule has 4 saturated carbocycles. The number of aliphatic hydroxyl groups is 1. The summed E-state index contributed by atoms with van der Waals surface area (Å²) in [5, 5.41) is 22.8. The van der Waals surface area contributed by atoms with Crippen molar-refractivity contribution in [3.63, 3.8) is 0 Å². The first-order valence-corrected chi connectivity index (χ1v) is 14.3. The number of nitrogens with one attached hydrogen (secondary N) is 1. The monoisotopic (exact) mass is 475 g/mol. The second-order valence-corrected chi connectivity index (χ2v) is 13.0. The van der Waals surface area contributed by atoms with E-state index in [1.165, 1.54) is 44.9 Å². The van der Waals surface area contributed by atoms with Gasteiger partial charge in [-0.15, -0.1) is 0 Å². The molecule has 4 aliphatic rings. The normalized spacial score (nSPS) is 43.3. The number of carboxylic acid groups (broad SMARTS) is 1. The summed E-state index contributed by atoms with van der Waals surface area (Å²) in [5.41, 5.74) is 0.905. The van der Waals surface area contributed by atoms with Crippen molar-refractivity contribution in [2.45, 2.75) is 116 Å². The van der Waals surface area contributed by atoms with E-state index in [1.54, 1.807) is 0 Å². The third-order valence-electron chi connectivity index (χ3n) is 11.5. The smallest absolute Gasteiger partial charge is 0.320 e. The molecule has 4 rings (SSSR count). The lowest BCUT2D eigenvalue weighted by molar-refractivity contribution is -0.139. The minimum atomic E-state index is -0.853. The molecule has 0 aromatic rings. The van der Waals surface area contributed by atoms with E-state index in [-0.39, 0.29) is 6.10 Å². The first-order valence-electron chi connectivity index (χ1n) is 14.3. The van der Waals surface area contributed by atoms with Crippen LogP contribution in [0.1, 0.15) is 104 Å². The largest absolute Gasteiger partial charge is 0.480 e. The first-order chi connectivity index (χ1) is 16.2. The number of aliphatic carboxylic acids is 1. The van der Waals surface area contributed by atoms with Gasteiger partial charge in [-0.1, -0.05) is 20.8 Å². The molecule has 0 spiro atoms. The molecule has 0 heterocycles. The third kappa shape index (κ3) is 4.85. The number of rotatable bonds is 10. The Morgan fingerprint density at radius 2 is 1.76 bits per heavy atom. The highest BCUT2D eigenvalue weighted by molar-refractivity contribution is 5.73. The molecule has 1 unspecified atom stereocenters. The molecule has 4 aliphatic carbocycles. The summed E-state index contributed by atoms with van der Waals surface area (Å²) in [6, 6.07) is -0.610. The van der Waals surface area contributed by atoms with E-state index in [2.05, 4.69) is 26.1 Å². The summed E-state index contributed by atoms with van der Waals surface area (Å²) >= 11 is 0. The Morgan fingerprint density at radius 3 is 2.50 bits per heavy atom. The van der Waals surface area contributed by atoms with Crippen LogP contribution in [0, 0.1) is 46.3 Å². The molecular formula is C29H49NO4. The van der Waals surface area contributed by atoms with Gasteiger partial charge in [0.1, 0.15) is 12.3 Å². The topological polar surface area (TPSA) is 86.6 Å². The zero-order valence-electron chi connectivity index (χ0n) is 21.8. The van der Waals surface area contributed by atoms with Crippen molar-refractivity contribution < 1.29 is 19.8 Å². The number of fused-ring (bicyclic) bond motifs is 5. The fourth-order valence-electron chi connectivity index (χ4n) is 9.66. The van der Waals surface area contributed by atoms with E-state index in [0.29, 0.717) is 36.1 Å². The Morgan fingerprint density at radius 1 is 1.03 bits per heavy atom. The SMILES string of the molecule is C[C@H](CCCNC(CCC=O)C(=O)O)[C@H]1CC[C@H]2[C@@H]3CC[C@@H]4C[C@H](O)CC[C@]4(C)[C@H]3CC[C@]12C. The predicted octanol–water partition coefficient (Wildman–Crippen LogP) is 5.44. The van der Waals surface area contributed by atoms with Crippen LogP contribution in [0.4, 0.5) is 0 Å². The molecule has 5 heteroatoms. The van der Waals surface area contributed by atoms with Crippen molar-refractivity contribution >= 4 is 12.3 Å². The summed E-state index contributed by atoms with van der Waals surface area (Å²) in [7, 11) is 0. The highest BCUT2D eigenvalue weighted by Gasteiger charge is 2.60. The van der Waals surface area contributed by atoms with Gasteiger partial charge >= 0.3 is 5.97 Å². The molecule has 0 radical (unpaired) electrons. The first kappa shape index (κ1) is 26.1. The summed E-state index contributed by atoms with van der Waals surface area (Å²) < 4.78 is 0. The van der Waals surface area contributed by atoms with Gasteiger partial charge < -0.3 is 20.3 Å². The van der Waals surface area contributed by atoms with Gasteiger partial charge in [0.15, 0.2) is 0 Å². The highest BCUT2D eigenvalue weighted by atomic mass is 16.4. The molecule has 0 amide bonds. The molecule has 0 saturated heterocycles. The summed E-state index contributed by atoms with van der Waals surface area (Å²) in [5.74, 6) is 3.92. The zero-order valence-corrected chi connectivity index (χ0v) is 21.8. The van der Waals surface area contributed by atoms with Crippen molar-refractivity contribution in [3.8, 4) is 0 Å². The molecule has 0 bridgehead atoms. The van der Waals surface area contributed by atoms with Gasteiger partial charge in [0.25, 0.3) is 0 Å². The van der Waals surface area contributed by atoms with Gasteiger partial charge in [-0.25, -0.2) is 0 Å². The van der Waals surface area contributed by atoms with Gasteiger partial charge in [0, 0.05) is 6.42 Å². The molecule has 34 heavy (non-hydrogen) atoms. The summed E-state index contributed by atoms with van der Waals surface area (Å²) in [6.45, 7) is 8.33. The van der Waals surface area contributed by atoms with Crippen LogP contribution in [0.15, 0.2) is 0 Å². The van der Waals surface area contributed by atoms with E-state index in [9.17, 15) is 19.8 Å². The zero-order chi connectivity index (χ0) is 24.5. The van der Waals surface area contributed by atoms with Gasteiger partial charge in [0.05, 0.1) is 6.10 Å². The van der Waals surface area contributed by atoms with Crippen LogP contribution in [-0.2, 0) is 9.59 Å². The third-order valence-corrected chi connectivity index (χ3v) is 11.5. The number of hydrogen-bond donors (Lipinski definition) is 3. The minimum Gasteiger partial charge on any atom is -0.480 e. The quantitative estimate of drug-likeness (QED) is 0.289. The number of aldehydes is 1. The van der Waals surface area contributed by atoms with Crippen molar-refractivity contribution in [3.05, 3.63) is 0 Å². The van der Waals surface area contributed by atoms with Crippen molar-refractivity contribution in [1.29, 1.82) is 0 Å². The minimum absolute atomic E-state index is 0.0644. The predicted molar refractivity (Wildman–Crippen MR) is 134 cm³/mol. The maximum absolute atomic E-state index is 11.4. The van der Waals surface area contributed by atoms with Crippen LogP contribution in [0.25, 0.3) is 0 Å². The van der Waals surface area contributed by atoms with Crippen LogP contribution in [0.2, 0.25) is 0 Å². The standard InChI is InChI=1S/C29H49NO4/c1-19(6-4-16-30-26(27(33)34)7-5-17-31)23-10-11-24-22-9-8-20-18-21(32)12-14-28(20,2)25(22)13-15-29(23,24)3/h17,19-26,30,32H,4-16,18H2,1-3H3,(H,33,34)/t19-,20-,21-,22+,23-,24+,25+,26?,28+,29-/m1/s1. The maximum atomic E-state index is 11.4. The molecule has 0 aliphatic heterocycles. The molecule has 3 N–H and O–H groups in total. The number of carboxylic acids is 1. The fourth-order valence-corrected chi connectivity index (χ4v) is 9.66. The Hall–Kier alpha value is -0.940. The number of hydrogen-bond acceptors (Lipinski definition) is 4. The van der Waals surface area contributed by atoms with Crippen LogP contribution >= 0.6 is 0 Å². The van der Waals surface area contributed by atoms with E-state index in [1.807, 2.05) is 0 Å². The summed E-state index contributed by atoms with van der Waals surface area (Å²) in [6.07, 6.45) is 15.0. The van der Waals surface area contributed by atoms with Crippen molar-refractivity contribution in [2.24, 2.45) is 46.3 Å². The Balaban J connectivity index is 1.33. The lowest BCUT2D eigenvalue weighted by Crippen LogP contribution is -2.54. The number of carbonyl (C=O) groups excluding carboxylic acids is 1. The molecule has 0 aromatic carbocycles. The second kappa shape index (κ2) is 10.6. The fraction of sp³-hybridized carbons (Fsp3) is 0.931. The van der Waals surface area contributed by atoms with Crippen molar-refractivity contribution in [2.75, 3.05) is 6.54 Å². The van der Waals surface area contributed by atoms with E-state index in [4.69, 9.17) is 0 Å². The van der Waals surface area contributed by atoms with E-state index < -0.39 is 12.0 Å². The van der Waals surface area contributed by atoms with Crippen molar-refractivity contribution in [1.82, 2.24) is 5.32 Å². The lowest BCUT2D eigenvalue weighted by Gasteiger charge is -2.61. The number of aliphatic hydroxyl groups excluding tert-OH is 1. The molecular weight excluding hydrogens is 426 g/mol. The van der Waals surface area contributed by atoms with Gasteiger partial charge in [-0.3, -0.25) is 4.79 Å². The van der Waals surface area contributed by atoms with E-state index >= 15 is 0 Å². The van der Waals surface area contributed by atoms with Gasteiger partial charge in [-0.2, -0.15) is 0 Å². The lowest BCUT2D eigenvalue weighted by atomic mass is 9.44. The maximum Gasteiger partial charge on any atom is 0.320 e. The molecule has 10 atom stereocenters. The van der Waals surface area contributed by atoms with Crippen LogP contribution in [0.5, 0.6) is 0 Å². The second-order valence-electron chi connectivity index (χ2n) is 13.0. The molecule has 5 nitrogen and oxygen atoms in total. The highest BCUT2D eigenvalue weighted by Crippen LogP contribution is 2.68. The average molecular weight is 476 g/mol. The molecule has 0 aromatic heterocycles. The summed E-state index contributed by atoms with van der Waals surface area (Å²) in [4.78, 5) is 22.0. The Bertz CT molecular complexity index is 727. The Kier molecular flexibility index (Phi) is 8.13. The van der Waals surface area contributed by atoms with Crippen LogP contribution in [-0.4, -0.2) is 41.2 Å². The van der Waals surface area contributed by atoms with Gasteiger partial charge in [-0.05, 0) is 130 Å². The van der Waals surface area contributed by atoms with E-state index in [0.717, 1.165) is 61.6 Å². The van der Waals surface area contributed by atoms with Gasteiger partial charge in [0.2, 0.25) is 0 Å². The van der Waals surface area contributed by atoms with Crippen LogP contribution in [0.3, 0.4) is 0 Å². The Labute approximate surface area is 206 Å². The van der Waals surface area contributed by atoms with Crippen LogP contribution < -0.4 is 5.32 Å². The molecule has 4 fully saturated rings.